The summed E-state index contributed by atoms with van der Waals surface area (Å²) in [4.78, 5) is 40.3. The lowest BCUT2D eigenvalue weighted by Crippen LogP contribution is -2.53. The molecule has 3 heterocycles. The van der Waals surface area contributed by atoms with Crippen LogP contribution in [0.5, 0.6) is 0 Å². The summed E-state index contributed by atoms with van der Waals surface area (Å²) in [6, 6.07) is 0.325. The molecule has 2 bridgehead atoms. The Bertz CT molecular complexity index is 556. The van der Waals surface area contributed by atoms with Gasteiger partial charge in [0.1, 0.15) is 5.60 Å². The van der Waals surface area contributed by atoms with E-state index < -0.39 is 5.60 Å². The Hall–Kier alpha value is -1.79. The van der Waals surface area contributed by atoms with Gasteiger partial charge in [0, 0.05) is 31.1 Å². The van der Waals surface area contributed by atoms with E-state index in [0.29, 0.717) is 6.54 Å². The maximum atomic E-state index is 12.5. The normalized spacial score (nSPS) is 32.1. The van der Waals surface area contributed by atoms with Crippen molar-refractivity contribution in [3.8, 4) is 0 Å². The number of piperidine rings is 1. The summed E-state index contributed by atoms with van der Waals surface area (Å²) in [5, 5.41) is 0. The van der Waals surface area contributed by atoms with Gasteiger partial charge < -0.3 is 19.3 Å². The fraction of sp³-hybridized carbons (Fsp3) is 0.833. The van der Waals surface area contributed by atoms with Crippen LogP contribution < -0.4 is 0 Å². The van der Waals surface area contributed by atoms with E-state index in [1.807, 2.05) is 30.6 Å². The second-order valence-corrected chi connectivity index (χ2v) is 8.37. The standard InChI is InChI=1S/C18H28N2O5/c1-18(2,3)25-17(23)20-12-5-6-13(20)9-14(8-12)19-10-11(7-15(19)21)16(22)24-4/h11-14H,5-10H2,1-4H3/t11?,12-,13+,14?. The zero-order valence-electron chi connectivity index (χ0n) is 15.5. The molecule has 0 aromatic heterocycles. The van der Waals surface area contributed by atoms with E-state index in [2.05, 4.69) is 0 Å². The Balaban J connectivity index is 1.65. The smallest absolute Gasteiger partial charge is 0.410 e. The molecule has 3 fully saturated rings. The Kier molecular flexibility index (Phi) is 4.68. The maximum absolute atomic E-state index is 12.5. The van der Waals surface area contributed by atoms with Gasteiger partial charge in [0.2, 0.25) is 5.91 Å². The molecule has 4 atom stereocenters. The zero-order chi connectivity index (χ0) is 18.4. The second-order valence-electron chi connectivity index (χ2n) is 8.37. The number of nitrogens with zero attached hydrogens (tertiary/aromatic N) is 2. The third kappa shape index (κ3) is 3.60. The number of hydrogen-bond donors (Lipinski definition) is 0. The predicted octanol–water partition coefficient (Wildman–Crippen LogP) is 1.94. The summed E-state index contributed by atoms with van der Waals surface area (Å²) in [6.45, 7) is 6.04. The van der Waals surface area contributed by atoms with Gasteiger partial charge in [-0.25, -0.2) is 4.79 Å². The van der Waals surface area contributed by atoms with Crippen LogP contribution in [0.1, 0.15) is 52.9 Å². The van der Waals surface area contributed by atoms with Gasteiger partial charge >= 0.3 is 12.1 Å². The van der Waals surface area contributed by atoms with Gasteiger partial charge in [0.25, 0.3) is 0 Å². The van der Waals surface area contributed by atoms with Crippen molar-refractivity contribution in [1.82, 2.24) is 9.80 Å². The van der Waals surface area contributed by atoms with Crippen LogP contribution in [0.3, 0.4) is 0 Å². The molecule has 7 heteroatoms. The van der Waals surface area contributed by atoms with Gasteiger partial charge in [0.15, 0.2) is 0 Å². The predicted molar refractivity (Wildman–Crippen MR) is 89.7 cm³/mol. The highest BCUT2D eigenvalue weighted by Crippen LogP contribution is 2.40. The molecule has 2 unspecified atom stereocenters. The highest BCUT2D eigenvalue weighted by molar-refractivity contribution is 5.87. The molecule has 7 nitrogen and oxygen atoms in total. The number of fused-ring (bicyclic) bond motifs is 2. The summed E-state index contributed by atoms with van der Waals surface area (Å²) in [5.74, 6) is -0.658. The van der Waals surface area contributed by atoms with Crippen LogP contribution >= 0.6 is 0 Å². The molecule has 25 heavy (non-hydrogen) atoms. The summed E-state index contributed by atoms with van der Waals surface area (Å²) in [5.41, 5.74) is -0.508. The van der Waals surface area contributed by atoms with Gasteiger partial charge in [-0.3, -0.25) is 9.59 Å². The molecule has 0 saturated carbocycles. The number of rotatable bonds is 2. The highest BCUT2D eigenvalue weighted by atomic mass is 16.6. The first-order valence-electron chi connectivity index (χ1n) is 9.08. The lowest BCUT2D eigenvalue weighted by Gasteiger charge is -2.42. The monoisotopic (exact) mass is 352 g/mol. The van der Waals surface area contributed by atoms with Crippen LogP contribution in [0.2, 0.25) is 0 Å². The molecule has 0 spiro atoms. The number of amides is 2. The lowest BCUT2D eigenvalue weighted by atomic mass is 9.96. The Morgan fingerprint density at radius 2 is 1.68 bits per heavy atom. The molecule has 2 amide bonds. The zero-order valence-corrected chi connectivity index (χ0v) is 15.5. The molecular formula is C18H28N2O5. The van der Waals surface area contributed by atoms with E-state index >= 15 is 0 Å². The molecule has 0 aromatic rings. The van der Waals surface area contributed by atoms with Crippen molar-refractivity contribution in [1.29, 1.82) is 0 Å². The van der Waals surface area contributed by atoms with Crippen LogP contribution in [0, 0.1) is 5.92 Å². The number of likely N-dealkylation sites (tertiary alicyclic amines) is 1. The molecule has 0 aromatic carbocycles. The van der Waals surface area contributed by atoms with Crippen molar-refractivity contribution >= 4 is 18.0 Å². The van der Waals surface area contributed by atoms with Crippen LogP contribution in [0.25, 0.3) is 0 Å². The Morgan fingerprint density at radius 3 is 2.20 bits per heavy atom. The lowest BCUT2D eigenvalue weighted by molar-refractivity contribution is -0.145. The van der Waals surface area contributed by atoms with Crippen LogP contribution in [-0.4, -0.2) is 65.2 Å². The van der Waals surface area contributed by atoms with Crippen molar-refractivity contribution in [3.63, 3.8) is 0 Å². The number of carbonyl (C=O) groups excluding carboxylic acids is 3. The van der Waals surface area contributed by atoms with E-state index in [-0.39, 0.29) is 48.4 Å². The molecule has 140 valence electrons. The van der Waals surface area contributed by atoms with E-state index in [9.17, 15) is 14.4 Å². The molecule has 0 N–H and O–H groups in total. The second kappa shape index (κ2) is 6.50. The van der Waals surface area contributed by atoms with Gasteiger partial charge in [-0.1, -0.05) is 0 Å². The number of esters is 1. The molecule has 0 radical (unpaired) electrons. The van der Waals surface area contributed by atoms with E-state index in [4.69, 9.17) is 9.47 Å². The molecule has 3 aliphatic heterocycles. The van der Waals surface area contributed by atoms with Gasteiger partial charge in [-0.05, 0) is 46.5 Å². The number of carbonyl (C=O) groups is 3. The number of methoxy groups -OCH3 is 1. The first-order chi connectivity index (χ1) is 11.7. The van der Waals surface area contributed by atoms with Crippen LogP contribution in [-0.2, 0) is 19.1 Å². The largest absolute Gasteiger partial charge is 0.469 e. The average molecular weight is 352 g/mol. The quantitative estimate of drug-likeness (QED) is 0.710. The third-order valence-corrected chi connectivity index (χ3v) is 5.45. The van der Waals surface area contributed by atoms with Crippen molar-refractivity contribution in [2.24, 2.45) is 5.92 Å². The Labute approximate surface area is 148 Å². The molecule has 0 aliphatic carbocycles. The molecule has 3 saturated heterocycles. The first-order valence-corrected chi connectivity index (χ1v) is 9.08. The van der Waals surface area contributed by atoms with E-state index in [0.717, 1.165) is 25.7 Å². The highest BCUT2D eigenvalue weighted by Gasteiger charge is 2.48. The molecule has 3 rings (SSSR count). The molecular weight excluding hydrogens is 324 g/mol. The summed E-state index contributed by atoms with van der Waals surface area (Å²) in [6.07, 6.45) is 3.39. The average Bonchev–Trinajstić information content (AvgIpc) is 3.03. The van der Waals surface area contributed by atoms with Crippen LogP contribution in [0.15, 0.2) is 0 Å². The minimum absolute atomic E-state index is 0.0190. The fourth-order valence-electron chi connectivity index (χ4n) is 4.42. The van der Waals surface area contributed by atoms with Crippen molar-refractivity contribution < 1.29 is 23.9 Å². The van der Waals surface area contributed by atoms with Crippen LogP contribution in [0.4, 0.5) is 4.79 Å². The Morgan fingerprint density at radius 1 is 1.08 bits per heavy atom. The van der Waals surface area contributed by atoms with Crippen molar-refractivity contribution in [2.45, 2.75) is 76.6 Å². The van der Waals surface area contributed by atoms with E-state index in [1.165, 1.54) is 7.11 Å². The SMILES string of the molecule is COC(=O)C1CC(=O)N(C2C[C@H]3CC[C@@H](C2)N3C(=O)OC(C)(C)C)C1. The minimum Gasteiger partial charge on any atom is -0.469 e. The number of hydrogen-bond acceptors (Lipinski definition) is 5. The summed E-state index contributed by atoms with van der Waals surface area (Å²) >= 11 is 0. The van der Waals surface area contributed by atoms with Crippen molar-refractivity contribution in [3.05, 3.63) is 0 Å². The number of ether oxygens (including phenoxy) is 2. The summed E-state index contributed by atoms with van der Waals surface area (Å²) < 4.78 is 10.3. The first kappa shape index (κ1) is 18.0. The minimum atomic E-state index is -0.508. The third-order valence-electron chi connectivity index (χ3n) is 5.45. The fourth-order valence-corrected chi connectivity index (χ4v) is 4.42. The topological polar surface area (TPSA) is 76.2 Å². The summed E-state index contributed by atoms with van der Waals surface area (Å²) in [7, 11) is 1.36. The van der Waals surface area contributed by atoms with E-state index in [1.54, 1.807) is 0 Å². The maximum Gasteiger partial charge on any atom is 0.410 e. The molecule has 3 aliphatic rings. The van der Waals surface area contributed by atoms with Gasteiger partial charge in [-0.2, -0.15) is 0 Å². The van der Waals surface area contributed by atoms with Gasteiger partial charge in [0.05, 0.1) is 13.0 Å². The van der Waals surface area contributed by atoms with Gasteiger partial charge in [-0.15, -0.1) is 0 Å². The van der Waals surface area contributed by atoms with Crippen molar-refractivity contribution in [2.75, 3.05) is 13.7 Å².